The number of hydrogen-bond acceptors (Lipinski definition) is 14. The van der Waals surface area contributed by atoms with E-state index in [-0.39, 0.29) is 113 Å². The van der Waals surface area contributed by atoms with Crippen LogP contribution in [0.1, 0.15) is 91.7 Å². The third-order valence-electron chi connectivity index (χ3n) is 13.8. The number of hydrogen-bond donors (Lipinski definition) is 11. The summed E-state index contributed by atoms with van der Waals surface area (Å²) in [6, 6.07) is 14.4. The first kappa shape index (κ1) is 72.3. The number of carboxylic acid groups (broad SMARTS) is 2. The minimum absolute atomic E-state index is 0. The zero-order valence-corrected chi connectivity index (χ0v) is 55.0. The zero-order valence-electron chi connectivity index (χ0n) is 49.3. The molecule has 7 rings (SSSR count). The summed E-state index contributed by atoms with van der Waals surface area (Å²) in [6.07, 6.45) is -0.0959. The number of carbonyl (C=O) groups is 10. The topological polar surface area (TPSA) is 404 Å². The van der Waals surface area contributed by atoms with Crippen LogP contribution in [0.4, 0.5) is 5.69 Å². The fraction of sp³-hybridized carbons (Fsp3) is 0.386. The van der Waals surface area contributed by atoms with Crippen molar-refractivity contribution >= 4 is 162 Å². The number of piperazine rings is 1. The van der Waals surface area contributed by atoms with Crippen LogP contribution in [0.25, 0.3) is 10.9 Å². The van der Waals surface area contributed by atoms with Gasteiger partial charge < -0.3 is 68.4 Å². The van der Waals surface area contributed by atoms with Crippen molar-refractivity contribution in [3.05, 3.63) is 118 Å². The van der Waals surface area contributed by atoms with Crippen molar-refractivity contribution in [2.45, 2.75) is 107 Å². The van der Waals surface area contributed by atoms with Crippen LogP contribution in [-0.4, -0.2) is 215 Å². The van der Waals surface area contributed by atoms with Crippen molar-refractivity contribution < 1.29 is 66.6 Å². The summed E-state index contributed by atoms with van der Waals surface area (Å²) >= 11 is 1.08. The van der Waals surface area contributed by atoms with Crippen molar-refractivity contribution in [1.29, 1.82) is 0 Å². The average Bonchev–Trinajstić information content (AvgIpc) is 2.25. The van der Waals surface area contributed by atoms with Crippen LogP contribution in [0.2, 0.25) is 0 Å². The molecule has 3 aromatic carbocycles. The van der Waals surface area contributed by atoms with E-state index in [1.165, 1.54) is 23.1 Å². The maximum atomic E-state index is 14.4. The number of amides is 8. The number of guanidine groups is 1. The molecule has 0 aliphatic carbocycles. The molecule has 26 nitrogen and oxygen atoms in total. The second-order valence-electron chi connectivity index (χ2n) is 21.1. The molecule has 2 aromatic heterocycles. The van der Waals surface area contributed by atoms with Crippen LogP contribution >= 0.6 is 11.3 Å². The third kappa shape index (κ3) is 21.0. The predicted molar refractivity (Wildman–Crippen MR) is 326 cm³/mol. The van der Waals surface area contributed by atoms with Gasteiger partial charge >= 0.3 is 11.9 Å². The third-order valence-corrected chi connectivity index (χ3v) is 15.8. The molecule has 2 aliphatic heterocycles. The molecule has 0 bridgehead atoms. The van der Waals surface area contributed by atoms with Gasteiger partial charge in [0.05, 0.1) is 24.2 Å². The Morgan fingerprint density at radius 3 is 1.72 bits per heavy atom. The van der Waals surface area contributed by atoms with Crippen LogP contribution in [0.15, 0.2) is 106 Å². The molecule has 30 heteroatoms. The number of H-pyrrole nitrogens is 1. The van der Waals surface area contributed by atoms with Gasteiger partial charge in [-0.3, -0.25) is 47.9 Å². The van der Waals surface area contributed by atoms with Crippen molar-refractivity contribution in [3.8, 4) is 0 Å². The molecule has 5 aromatic rings. The second-order valence-corrected chi connectivity index (χ2v) is 24.0. The molecular formula is C57H70N12Na2O14S2. The number of para-hydroxylation sites is 2. The molecule has 0 spiro atoms. The molecule has 0 saturated carbocycles. The second kappa shape index (κ2) is 33.2. The summed E-state index contributed by atoms with van der Waals surface area (Å²) in [5.74, 6) is -11.0. The van der Waals surface area contributed by atoms with E-state index in [4.69, 9.17) is 11.5 Å². The van der Waals surface area contributed by atoms with E-state index in [1.807, 2.05) is 44.2 Å². The molecule has 4 heterocycles. The number of benzene rings is 3. The van der Waals surface area contributed by atoms with Gasteiger partial charge in [0.2, 0.25) is 41.4 Å². The van der Waals surface area contributed by atoms with Crippen molar-refractivity contribution in [3.63, 3.8) is 0 Å². The number of rotatable bonds is 15. The first-order valence-corrected chi connectivity index (χ1v) is 29.9. The van der Waals surface area contributed by atoms with Gasteiger partial charge in [-0.25, -0.2) is 8.42 Å². The van der Waals surface area contributed by atoms with E-state index in [2.05, 4.69) is 46.8 Å². The van der Waals surface area contributed by atoms with Crippen molar-refractivity contribution in [2.75, 3.05) is 37.3 Å². The van der Waals surface area contributed by atoms with Crippen molar-refractivity contribution in [2.24, 2.45) is 22.4 Å². The number of nitrogens with zero attached hydrogens (tertiary/aromatic N) is 3. The molecule has 2 saturated heterocycles. The SMILES string of the molecule is CC(C)C[C@@H]1NC(=O)[C@@H](c2cccs2)NC(=O)[C@H](CC(=O)O)NC(=O)[C@H](CC(=O)N2CCN(c3ccccc3)CC2)NC(=O)[C@@H](CC(=O)O)NC(=O)[C@@H](Cc2c[nH]c3ccccc23)NC1=O.CC(C)c1ccc(C(=O)N=C(N)N)cc1S(C)(=O)=O.[Na].[Na]. The van der Waals surface area contributed by atoms with Crippen LogP contribution in [0.5, 0.6) is 0 Å². The number of sulfone groups is 1. The van der Waals surface area contributed by atoms with E-state index < -0.39 is 125 Å². The quantitative estimate of drug-likeness (QED) is 0.0390. The molecule has 6 atom stereocenters. The minimum atomic E-state index is -3.43. The van der Waals surface area contributed by atoms with Gasteiger partial charge in [-0.1, -0.05) is 76.2 Å². The number of carbonyl (C=O) groups excluding carboxylic acids is 8. The molecule has 0 unspecified atom stereocenters. The van der Waals surface area contributed by atoms with Crippen LogP contribution in [0.3, 0.4) is 0 Å². The number of anilines is 1. The molecule has 2 radical (unpaired) electrons. The van der Waals surface area contributed by atoms with Gasteiger partial charge in [0, 0.05) is 131 Å². The number of aromatic amines is 1. The predicted octanol–water partition coefficient (Wildman–Crippen LogP) is 0.667. The number of nitrogens with two attached hydrogens (primary N) is 2. The zero-order chi connectivity index (χ0) is 62.3. The summed E-state index contributed by atoms with van der Waals surface area (Å²) in [7, 11) is -3.43. The molecule has 87 heavy (non-hydrogen) atoms. The van der Waals surface area contributed by atoms with Crippen LogP contribution < -0.4 is 48.3 Å². The Morgan fingerprint density at radius 1 is 0.655 bits per heavy atom. The Bertz CT molecular complexity index is 3430. The Kier molecular flexibility index (Phi) is 27.6. The van der Waals surface area contributed by atoms with E-state index in [0.717, 1.165) is 28.8 Å². The van der Waals surface area contributed by atoms with E-state index in [1.54, 1.807) is 61.8 Å². The van der Waals surface area contributed by atoms with Gasteiger partial charge in [0.15, 0.2) is 15.8 Å². The first-order chi connectivity index (χ1) is 40.2. The van der Waals surface area contributed by atoms with Crippen LogP contribution in [0, 0.1) is 5.92 Å². The number of aromatic nitrogens is 1. The number of thiophene rings is 1. The average molecular weight is 1260 g/mol. The summed E-state index contributed by atoms with van der Waals surface area (Å²) in [4.78, 5) is 146. The number of fused-ring (bicyclic) bond motifs is 1. The Labute approximate surface area is 550 Å². The summed E-state index contributed by atoms with van der Waals surface area (Å²) in [5, 5.41) is 37.1. The van der Waals surface area contributed by atoms with Gasteiger partial charge in [0.25, 0.3) is 5.91 Å². The number of nitrogens with one attached hydrogen (secondary N) is 7. The molecule has 2 aliphatic rings. The number of carboxylic acids is 2. The molecule has 13 N–H and O–H groups in total. The summed E-state index contributed by atoms with van der Waals surface area (Å²) < 4.78 is 23.5. The number of aliphatic imine (C=N–C) groups is 1. The fourth-order valence-corrected chi connectivity index (χ4v) is 11.4. The Hall–Kier alpha value is -7.18. The summed E-state index contributed by atoms with van der Waals surface area (Å²) in [6.45, 7) is 8.65. The normalized spacial score (nSPS) is 19.8. The smallest absolute Gasteiger partial charge is 0.305 e. The summed E-state index contributed by atoms with van der Waals surface area (Å²) in [5.41, 5.74) is 13.3. The van der Waals surface area contributed by atoms with Gasteiger partial charge in [-0.05, 0) is 71.2 Å². The van der Waals surface area contributed by atoms with E-state index in [9.17, 15) is 66.6 Å². The van der Waals surface area contributed by atoms with Gasteiger partial charge in [-0.2, -0.15) is 4.99 Å². The van der Waals surface area contributed by atoms with Crippen LogP contribution in [-0.2, 0) is 59.4 Å². The largest absolute Gasteiger partial charge is 0.481 e. The monoisotopic (exact) mass is 1260 g/mol. The maximum Gasteiger partial charge on any atom is 0.305 e. The Morgan fingerprint density at radius 2 is 1.18 bits per heavy atom. The van der Waals surface area contributed by atoms with E-state index in [0.29, 0.717) is 34.5 Å². The van der Waals surface area contributed by atoms with Gasteiger partial charge in [0.1, 0.15) is 36.3 Å². The Balaban J connectivity index is 0.000000659. The van der Waals surface area contributed by atoms with Crippen molar-refractivity contribution in [1.82, 2.24) is 41.8 Å². The molecule has 456 valence electrons. The maximum absolute atomic E-state index is 14.4. The first-order valence-electron chi connectivity index (χ1n) is 27.1. The standard InChI is InChI=1S/C45H53N9O11S.C12H17N3O3S.2Na/c1-25(2)19-30-40(60)47-31(20-26-24-46-29-12-7-6-11-28(26)29)41(61)49-33(22-37(56)57)43(63)48-32(21-36(55)54-16-14-53(15-17-54)27-9-4-3-5-10-27)42(62)50-34(23-38(58)59)44(64)52-39(45(65)51-30)35-13-8-18-66-35;1-7(2)9-5-4-8(11(16)15-12(13)14)6-10(9)19(3,17)18;;/h3-13,18,24-25,30-34,39,46H,14-17,19-23H2,1-2H3,(H,47,60)(H,48,63)(H,49,61)(H,50,62)(H,51,65)(H,52,64)(H,56,57)(H,58,59);4-7H,1-3H3,(H4,13,14,15,16);;/t30-,31+,32-,33+,34-,39+;;;/m0.../s1. The fourth-order valence-electron chi connectivity index (χ4n) is 9.52. The molecular weight excluding hydrogens is 1190 g/mol. The number of aliphatic carboxylic acids is 2. The van der Waals surface area contributed by atoms with E-state index >= 15 is 0 Å². The minimum Gasteiger partial charge on any atom is -0.481 e. The molecule has 2 fully saturated rings. The van der Waals surface area contributed by atoms with Gasteiger partial charge in [-0.15, -0.1) is 11.3 Å². The molecule has 8 amide bonds.